The van der Waals surface area contributed by atoms with E-state index in [1.165, 1.54) is 0 Å². The lowest BCUT2D eigenvalue weighted by atomic mass is 10.1. The van der Waals surface area contributed by atoms with E-state index < -0.39 is 7.14 Å². The SMILES string of the molecule is C=C(C)/C=C(\C1C=CC=C1)P(=O)(c1ccccc1)c1ccccc1. The fourth-order valence-electron chi connectivity index (χ4n) is 3.00. The van der Waals surface area contributed by atoms with Crippen LogP contribution in [0.3, 0.4) is 0 Å². The number of allylic oxidation sites excluding steroid dienone is 7. The first-order valence-corrected chi connectivity index (χ1v) is 9.77. The van der Waals surface area contributed by atoms with Crippen molar-refractivity contribution in [3.63, 3.8) is 0 Å². The van der Waals surface area contributed by atoms with Gasteiger partial charge in [-0.25, -0.2) is 0 Å². The Balaban J connectivity index is 2.28. The molecule has 1 aliphatic carbocycles. The lowest BCUT2D eigenvalue weighted by Gasteiger charge is -2.25. The molecule has 0 amide bonds. The predicted octanol–water partition coefficient (Wildman–Crippen LogP) is 5.20. The van der Waals surface area contributed by atoms with E-state index in [-0.39, 0.29) is 5.92 Å². The smallest absolute Gasteiger partial charge is 0.168 e. The zero-order valence-corrected chi connectivity index (χ0v) is 14.7. The Kier molecular flexibility index (Phi) is 4.83. The summed E-state index contributed by atoms with van der Waals surface area (Å²) in [6.45, 7) is 5.97. The maximum atomic E-state index is 14.5. The van der Waals surface area contributed by atoms with Crippen LogP contribution in [0.2, 0.25) is 0 Å². The van der Waals surface area contributed by atoms with Crippen LogP contribution in [0.15, 0.2) is 109 Å². The molecule has 2 aromatic carbocycles. The molecule has 0 atom stereocenters. The molecule has 0 fully saturated rings. The maximum Gasteiger partial charge on any atom is 0.168 e. The Morgan fingerprint density at radius 2 is 1.38 bits per heavy atom. The van der Waals surface area contributed by atoms with Crippen LogP contribution in [0.4, 0.5) is 0 Å². The van der Waals surface area contributed by atoms with Crippen LogP contribution in [0.1, 0.15) is 6.92 Å². The number of rotatable bonds is 5. The molecule has 0 aliphatic heterocycles. The van der Waals surface area contributed by atoms with Gasteiger partial charge in [0.1, 0.15) is 0 Å². The van der Waals surface area contributed by atoms with Gasteiger partial charge < -0.3 is 4.57 Å². The third-order valence-corrected chi connectivity index (χ3v) is 7.29. The fraction of sp³-hybridized carbons (Fsp3) is 0.0909. The Bertz CT molecular complexity index is 802. The van der Waals surface area contributed by atoms with Crippen molar-refractivity contribution in [3.8, 4) is 0 Å². The molecule has 0 saturated heterocycles. The molecule has 2 heteroatoms. The monoisotopic (exact) mass is 332 g/mol. The van der Waals surface area contributed by atoms with Gasteiger partial charge >= 0.3 is 0 Å². The first-order valence-electron chi connectivity index (χ1n) is 8.06. The van der Waals surface area contributed by atoms with Gasteiger partial charge in [0.2, 0.25) is 0 Å². The van der Waals surface area contributed by atoms with E-state index in [0.717, 1.165) is 21.5 Å². The molecule has 3 rings (SSSR count). The summed E-state index contributed by atoms with van der Waals surface area (Å²) in [6.07, 6.45) is 10.2. The number of hydrogen-bond acceptors (Lipinski definition) is 1. The summed E-state index contributed by atoms with van der Waals surface area (Å²) < 4.78 is 14.5. The minimum absolute atomic E-state index is 0.0351. The van der Waals surface area contributed by atoms with Gasteiger partial charge in [-0.15, -0.1) is 0 Å². The van der Waals surface area contributed by atoms with Crippen LogP contribution in [0.25, 0.3) is 0 Å². The Hall–Kier alpha value is -2.37. The molecule has 0 N–H and O–H groups in total. The number of hydrogen-bond donors (Lipinski definition) is 0. The molecule has 0 bridgehead atoms. The highest BCUT2D eigenvalue weighted by Crippen LogP contribution is 2.56. The zero-order valence-electron chi connectivity index (χ0n) is 13.8. The third-order valence-electron chi connectivity index (χ3n) is 4.09. The highest BCUT2D eigenvalue weighted by molar-refractivity contribution is 7.82. The van der Waals surface area contributed by atoms with E-state index in [9.17, 15) is 4.57 Å². The van der Waals surface area contributed by atoms with Gasteiger partial charge in [-0.1, -0.05) is 103 Å². The predicted molar refractivity (Wildman–Crippen MR) is 104 cm³/mol. The highest BCUT2D eigenvalue weighted by Gasteiger charge is 2.34. The van der Waals surface area contributed by atoms with Gasteiger partial charge in [0, 0.05) is 21.8 Å². The number of benzene rings is 2. The molecular formula is C22H21OP. The molecule has 120 valence electrons. The average Bonchev–Trinajstić information content (AvgIpc) is 3.15. The Labute approximate surface area is 144 Å². The molecule has 24 heavy (non-hydrogen) atoms. The van der Waals surface area contributed by atoms with Gasteiger partial charge in [-0.2, -0.15) is 0 Å². The van der Waals surface area contributed by atoms with Crippen molar-refractivity contribution in [1.82, 2.24) is 0 Å². The zero-order chi connectivity index (χ0) is 17.0. The topological polar surface area (TPSA) is 17.1 Å². The van der Waals surface area contributed by atoms with Crippen LogP contribution < -0.4 is 10.6 Å². The summed E-state index contributed by atoms with van der Waals surface area (Å²) in [5.41, 5.74) is 0.908. The lowest BCUT2D eigenvalue weighted by Crippen LogP contribution is -2.19. The van der Waals surface area contributed by atoms with Crippen molar-refractivity contribution in [1.29, 1.82) is 0 Å². The first-order chi connectivity index (χ1) is 11.6. The summed E-state index contributed by atoms with van der Waals surface area (Å²) in [7, 11) is -2.94. The van der Waals surface area contributed by atoms with Crippen molar-refractivity contribution < 1.29 is 4.57 Å². The normalized spacial score (nSPS) is 15.0. The second-order valence-corrected chi connectivity index (χ2v) is 8.76. The van der Waals surface area contributed by atoms with Crippen LogP contribution in [-0.4, -0.2) is 0 Å². The fourth-order valence-corrected chi connectivity index (χ4v) is 6.07. The van der Waals surface area contributed by atoms with Gasteiger partial charge in [-0.3, -0.25) is 0 Å². The summed E-state index contributed by atoms with van der Waals surface area (Å²) >= 11 is 0. The highest BCUT2D eigenvalue weighted by atomic mass is 31.2. The summed E-state index contributed by atoms with van der Waals surface area (Å²) in [5.74, 6) is 0.0351. The molecule has 0 heterocycles. The van der Waals surface area contributed by atoms with E-state index in [2.05, 4.69) is 18.7 Å². The Morgan fingerprint density at radius 3 is 1.79 bits per heavy atom. The molecule has 0 spiro atoms. The second-order valence-electron chi connectivity index (χ2n) is 5.99. The quantitative estimate of drug-likeness (QED) is 0.543. The van der Waals surface area contributed by atoms with Crippen molar-refractivity contribution in [3.05, 3.63) is 109 Å². The third kappa shape index (κ3) is 3.13. The molecule has 2 aromatic rings. The first kappa shape index (κ1) is 16.5. The molecule has 0 radical (unpaired) electrons. The standard InChI is InChI=1S/C22H21OP/c1-18(2)17-22(19-11-9-10-12-19)24(23,20-13-5-3-6-14-20)21-15-7-4-8-16-21/h3-17,19H,1H2,2H3/b22-17+. The van der Waals surface area contributed by atoms with Gasteiger partial charge in [-0.05, 0) is 6.92 Å². The molecule has 0 aromatic heterocycles. The molecule has 1 aliphatic rings. The summed E-state index contributed by atoms with van der Waals surface area (Å²) in [4.78, 5) is 0. The van der Waals surface area contributed by atoms with Crippen molar-refractivity contribution >= 4 is 17.8 Å². The van der Waals surface area contributed by atoms with E-state index in [4.69, 9.17) is 0 Å². The maximum absolute atomic E-state index is 14.5. The molecule has 0 unspecified atom stereocenters. The second kappa shape index (κ2) is 7.03. The minimum atomic E-state index is -2.94. The van der Waals surface area contributed by atoms with Crippen LogP contribution >= 0.6 is 7.14 Å². The van der Waals surface area contributed by atoms with E-state index in [1.54, 1.807) is 0 Å². The van der Waals surface area contributed by atoms with Gasteiger partial charge in [0.05, 0.1) is 0 Å². The van der Waals surface area contributed by atoms with Crippen LogP contribution in [-0.2, 0) is 4.57 Å². The van der Waals surface area contributed by atoms with Crippen molar-refractivity contribution in [2.75, 3.05) is 0 Å². The van der Waals surface area contributed by atoms with E-state index in [0.29, 0.717) is 0 Å². The summed E-state index contributed by atoms with van der Waals surface area (Å²) in [5, 5.41) is 2.63. The van der Waals surface area contributed by atoms with Crippen molar-refractivity contribution in [2.45, 2.75) is 6.92 Å². The Morgan fingerprint density at radius 1 is 0.917 bits per heavy atom. The van der Waals surface area contributed by atoms with Gasteiger partial charge in [0.25, 0.3) is 0 Å². The molecule has 1 nitrogen and oxygen atoms in total. The van der Waals surface area contributed by atoms with Gasteiger partial charge in [0.15, 0.2) is 7.14 Å². The van der Waals surface area contributed by atoms with E-state index in [1.807, 2.05) is 85.8 Å². The minimum Gasteiger partial charge on any atom is -0.309 e. The molecule has 0 saturated carbocycles. The average molecular weight is 332 g/mol. The molecular weight excluding hydrogens is 311 g/mol. The lowest BCUT2D eigenvalue weighted by molar-refractivity contribution is 0.589. The van der Waals surface area contributed by atoms with Crippen LogP contribution in [0.5, 0.6) is 0 Å². The summed E-state index contributed by atoms with van der Waals surface area (Å²) in [6, 6.07) is 19.5. The van der Waals surface area contributed by atoms with Crippen molar-refractivity contribution in [2.24, 2.45) is 5.92 Å². The van der Waals surface area contributed by atoms with Crippen LogP contribution in [0, 0.1) is 5.92 Å². The van der Waals surface area contributed by atoms with E-state index >= 15 is 0 Å². The largest absolute Gasteiger partial charge is 0.309 e.